The number of thiazole rings is 1. The van der Waals surface area contributed by atoms with Crippen LogP contribution in [-0.4, -0.2) is 37.2 Å². The van der Waals surface area contributed by atoms with Crippen LogP contribution < -0.4 is 11.1 Å². The van der Waals surface area contributed by atoms with Crippen molar-refractivity contribution in [2.24, 2.45) is 5.16 Å². The van der Waals surface area contributed by atoms with Crippen molar-refractivity contribution in [3.8, 4) is 0 Å². The first-order valence-corrected chi connectivity index (χ1v) is 5.10. The molecule has 0 aromatic carbocycles. The molecule has 0 unspecified atom stereocenters. The maximum Gasteiger partial charge on any atom is 0.259 e. The van der Waals surface area contributed by atoms with Crippen molar-refractivity contribution in [2.75, 3.05) is 25.9 Å². The van der Waals surface area contributed by atoms with E-state index < -0.39 is 0 Å². The molecule has 81 valence electrons. The molecule has 3 N–H and O–H groups in total. The summed E-state index contributed by atoms with van der Waals surface area (Å²) in [6, 6.07) is 0. The molecule has 0 atom stereocenters. The highest BCUT2D eigenvalue weighted by atomic mass is 32.1. The summed E-state index contributed by atoms with van der Waals surface area (Å²) in [4.78, 5) is 19.3. The molecule has 1 aromatic rings. The van der Waals surface area contributed by atoms with Crippen LogP contribution in [0.25, 0.3) is 0 Å². The molecule has 1 heterocycles. The van der Waals surface area contributed by atoms with Crippen LogP contribution >= 0.6 is 11.3 Å². The van der Waals surface area contributed by atoms with E-state index in [4.69, 9.17) is 10.6 Å². The predicted molar refractivity (Wildman–Crippen MR) is 58.6 cm³/mol. The Morgan fingerprint density at radius 1 is 1.87 bits per heavy atom. The van der Waals surface area contributed by atoms with Crippen LogP contribution in [0.4, 0.5) is 5.13 Å². The molecule has 1 aromatic heterocycles. The minimum absolute atomic E-state index is 0.0269. The van der Waals surface area contributed by atoms with Crippen molar-refractivity contribution >= 4 is 28.5 Å². The van der Waals surface area contributed by atoms with Gasteiger partial charge in [-0.3, -0.25) is 4.79 Å². The van der Waals surface area contributed by atoms with Gasteiger partial charge in [-0.15, -0.1) is 11.3 Å². The molecule has 0 fully saturated rings. The summed E-state index contributed by atoms with van der Waals surface area (Å²) in [5, 5.41) is 8.49. The standard InChI is InChI=1S/C8H11N4O2S/c1-10-2-3-14-12-6(4-13)7-5-15-8(9)11-7/h5,10H,2-3H2,1H3,(H2,9,11). The molecule has 7 heteroatoms. The van der Waals surface area contributed by atoms with Gasteiger partial charge >= 0.3 is 0 Å². The quantitative estimate of drug-likeness (QED) is 0.398. The SMILES string of the molecule is CNCCON=C([C]=O)c1csc(N)n1. The molecule has 0 saturated carbocycles. The van der Waals surface area contributed by atoms with Crippen molar-refractivity contribution in [3.63, 3.8) is 0 Å². The fraction of sp³-hybridized carbons (Fsp3) is 0.375. The maximum absolute atomic E-state index is 10.6. The van der Waals surface area contributed by atoms with Gasteiger partial charge in [0.05, 0.1) is 0 Å². The van der Waals surface area contributed by atoms with Gasteiger partial charge in [0.15, 0.2) is 10.8 Å². The monoisotopic (exact) mass is 227 g/mol. The van der Waals surface area contributed by atoms with E-state index in [0.29, 0.717) is 24.0 Å². The minimum Gasteiger partial charge on any atom is -0.394 e. The fourth-order valence-corrected chi connectivity index (χ4v) is 1.32. The molecule has 0 amide bonds. The topological polar surface area (TPSA) is 89.6 Å². The van der Waals surface area contributed by atoms with Crippen LogP contribution in [-0.2, 0) is 9.63 Å². The number of nitrogens with zero attached hydrogens (tertiary/aromatic N) is 2. The number of likely N-dealkylation sites (N-methyl/N-ethyl adjacent to an activating group) is 1. The smallest absolute Gasteiger partial charge is 0.259 e. The third-order valence-corrected chi connectivity index (χ3v) is 2.13. The Morgan fingerprint density at radius 2 is 2.67 bits per heavy atom. The zero-order valence-corrected chi connectivity index (χ0v) is 9.00. The van der Waals surface area contributed by atoms with Gasteiger partial charge in [0, 0.05) is 11.9 Å². The van der Waals surface area contributed by atoms with Crippen molar-refractivity contribution in [1.82, 2.24) is 10.3 Å². The van der Waals surface area contributed by atoms with E-state index >= 15 is 0 Å². The summed E-state index contributed by atoms with van der Waals surface area (Å²) in [6.45, 7) is 1.02. The van der Waals surface area contributed by atoms with E-state index in [1.807, 2.05) is 0 Å². The lowest BCUT2D eigenvalue weighted by Crippen LogP contribution is -2.13. The molecule has 0 aliphatic heterocycles. The van der Waals surface area contributed by atoms with Crippen LogP contribution in [0.2, 0.25) is 0 Å². The summed E-state index contributed by atoms with van der Waals surface area (Å²) in [7, 11) is 1.79. The number of rotatable bonds is 6. The molecule has 1 rings (SSSR count). The molecule has 15 heavy (non-hydrogen) atoms. The molecule has 0 aliphatic rings. The number of oxime groups is 1. The third-order valence-electron chi connectivity index (χ3n) is 1.46. The summed E-state index contributed by atoms with van der Waals surface area (Å²) >= 11 is 1.23. The molecule has 0 spiro atoms. The van der Waals surface area contributed by atoms with E-state index in [2.05, 4.69) is 15.5 Å². The highest BCUT2D eigenvalue weighted by Crippen LogP contribution is 2.11. The normalized spacial score (nSPS) is 11.4. The third kappa shape index (κ3) is 3.64. The number of hydrogen-bond donors (Lipinski definition) is 2. The average Bonchev–Trinajstić information content (AvgIpc) is 2.65. The Kier molecular flexibility index (Phi) is 4.72. The van der Waals surface area contributed by atoms with Gasteiger partial charge in [0.2, 0.25) is 0 Å². The molecular weight excluding hydrogens is 216 g/mol. The van der Waals surface area contributed by atoms with Gasteiger partial charge in [-0.1, -0.05) is 5.16 Å². The first kappa shape index (κ1) is 11.6. The lowest BCUT2D eigenvalue weighted by atomic mass is 10.3. The molecule has 6 nitrogen and oxygen atoms in total. The van der Waals surface area contributed by atoms with E-state index in [-0.39, 0.29) is 5.71 Å². The van der Waals surface area contributed by atoms with Crippen molar-refractivity contribution in [3.05, 3.63) is 11.1 Å². The first-order chi connectivity index (χ1) is 7.27. The second-order valence-corrected chi connectivity index (χ2v) is 3.44. The van der Waals surface area contributed by atoms with E-state index in [0.717, 1.165) is 0 Å². The Bertz CT molecular complexity index is 350. The van der Waals surface area contributed by atoms with Crippen molar-refractivity contribution < 1.29 is 9.63 Å². The number of aromatic nitrogens is 1. The number of hydrogen-bond acceptors (Lipinski definition) is 7. The second kappa shape index (κ2) is 6.10. The Hall–Kier alpha value is -1.47. The van der Waals surface area contributed by atoms with Gasteiger partial charge in [0.25, 0.3) is 6.29 Å². The summed E-state index contributed by atoms with van der Waals surface area (Å²) in [6.07, 6.45) is 1.65. The average molecular weight is 227 g/mol. The van der Waals surface area contributed by atoms with E-state index in [1.54, 1.807) is 18.7 Å². The van der Waals surface area contributed by atoms with Crippen LogP contribution in [0, 0.1) is 0 Å². The van der Waals surface area contributed by atoms with E-state index in [9.17, 15) is 4.79 Å². The minimum atomic E-state index is 0.0269. The summed E-state index contributed by atoms with van der Waals surface area (Å²) in [5.41, 5.74) is 5.83. The van der Waals surface area contributed by atoms with Crippen LogP contribution in [0.5, 0.6) is 0 Å². The lowest BCUT2D eigenvalue weighted by Gasteiger charge is -1.98. The Morgan fingerprint density at radius 3 is 3.20 bits per heavy atom. The van der Waals surface area contributed by atoms with Crippen molar-refractivity contribution in [1.29, 1.82) is 0 Å². The van der Waals surface area contributed by atoms with Crippen LogP contribution in [0.3, 0.4) is 0 Å². The predicted octanol–water partition coefficient (Wildman–Crippen LogP) is -0.225. The number of nitrogen functional groups attached to an aromatic ring is 1. The van der Waals surface area contributed by atoms with Gasteiger partial charge in [-0.2, -0.15) is 0 Å². The summed E-state index contributed by atoms with van der Waals surface area (Å²) in [5.74, 6) is 0. The molecular formula is C8H11N4O2S. The Balaban J connectivity index is 2.59. The van der Waals surface area contributed by atoms with Crippen molar-refractivity contribution in [2.45, 2.75) is 0 Å². The number of nitrogens with one attached hydrogen (secondary N) is 1. The molecule has 0 saturated heterocycles. The fourth-order valence-electron chi connectivity index (χ4n) is 0.772. The molecule has 0 bridgehead atoms. The van der Waals surface area contributed by atoms with Gasteiger partial charge < -0.3 is 15.9 Å². The second-order valence-electron chi connectivity index (χ2n) is 2.55. The van der Waals surface area contributed by atoms with Crippen LogP contribution in [0.1, 0.15) is 5.69 Å². The van der Waals surface area contributed by atoms with Gasteiger partial charge in [-0.05, 0) is 7.05 Å². The zero-order valence-electron chi connectivity index (χ0n) is 8.19. The summed E-state index contributed by atoms with van der Waals surface area (Å²) < 4.78 is 0. The number of carbonyl (C=O) groups excluding carboxylic acids is 1. The first-order valence-electron chi connectivity index (χ1n) is 4.22. The lowest BCUT2D eigenvalue weighted by molar-refractivity contribution is 0.148. The number of nitrogens with two attached hydrogens (primary N) is 1. The number of anilines is 1. The van der Waals surface area contributed by atoms with Gasteiger partial charge in [-0.25, -0.2) is 4.98 Å². The van der Waals surface area contributed by atoms with Crippen LogP contribution in [0.15, 0.2) is 10.5 Å². The highest BCUT2D eigenvalue weighted by molar-refractivity contribution is 7.13. The maximum atomic E-state index is 10.6. The molecule has 0 aliphatic carbocycles. The highest BCUT2D eigenvalue weighted by Gasteiger charge is 2.08. The Labute approximate surface area is 91.1 Å². The zero-order chi connectivity index (χ0) is 11.1. The van der Waals surface area contributed by atoms with Gasteiger partial charge in [0.1, 0.15) is 12.3 Å². The molecule has 1 radical (unpaired) electrons. The van der Waals surface area contributed by atoms with E-state index in [1.165, 1.54) is 11.3 Å². The largest absolute Gasteiger partial charge is 0.394 e.